The quantitative estimate of drug-likeness (QED) is 0.563. The Kier molecular flexibility index (Phi) is 1.83. The highest BCUT2D eigenvalue weighted by molar-refractivity contribution is 6.12. The summed E-state index contributed by atoms with van der Waals surface area (Å²) in [5.74, 6) is 0.0994. The standard InChI is InChI=1S/C14H11NO/c1-10(16)14-12-7-3-2-6-11(12)13-8-4-5-9-15(13)14/h2-9H,1H3. The van der Waals surface area contributed by atoms with Crippen LogP contribution in [0.2, 0.25) is 0 Å². The third-order valence-corrected chi connectivity index (χ3v) is 2.89. The molecule has 16 heavy (non-hydrogen) atoms. The molecular weight excluding hydrogens is 198 g/mol. The van der Waals surface area contributed by atoms with Gasteiger partial charge in [-0.25, -0.2) is 0 Å². The summed E-state index contributed by atoms with van der Waals surface area (Å²) >= 11 is 0. The SMILES string of the molecule is CC(=O)c1c2ccccc2c2ccccn12. The number of pyridine rings is 1. The molecule has 0 bridgehead atoms. The first-order valence-corrected chi connectivity index (χ1v) is 5.28. The van der Waals surface area contributed by atoms with Gasteiger partial charge in [0.25, 0.3) is 0 Å². The van der Waals surface area contributed by atoms with Gasteiger partial charge in [-0.15, -0.1) is 0 Å². The van der Waals surface area contributed by atoms with Crippen LogP contribution in [-0.4, -0.2) is 10.2 Å². The Hall–Kier alpha value is -2.09. The molecule has 0 fully saturated rings. The van der Waals surface area contributed by atoms with E-state index >= 15 is 0 Å². The van der Waals surface area contributed by atoms with Crippen LogP contribution in [0, 0.1) is 0 Å². The normalized spacial score (nSPS) is 11.1. The van der Waals surface area contributed by atoms with Crippen LogP contribution in [0.1, 0.15) is 17.4 Å². The van der Waals surface area contributed by atoms with E-state index in [2.05, 4.69) is 6.07 Å². The van der Waals surface area contributed by atoms with Crippen LogP contribution in [0.4, 0.5) is 0 Å². The van der Waals surface area contributed by atoms with Gasteiger partial charge in [0.15, 0.2) is 5.78 Å². The second-order valence-electron chi connectivity index (χ2n) is 3.91. The van der Waals surface area contributed by atoms with E-state index in [4.69, 9.17) is 0 Å². The predicted octanol–water partition coefficient (Wildman–Crippen LogP) is 3.30. The number of aromatic nitrogens is 1. The average Bonchev–Trinajstić information content (AvgIpc) is 2.63. The van der Waals surface area contributed by atoms with Gasteiger partial charge < -0.3 is 4.40 Å². The summed E-state index contributed by atoms with van der Waals surface area (Å²) in [5, 5.41) is 2.16. The van der Waals surface area contributed by atoms with Crippen molar-refractivity contribution in [3.63, 3.8) is 0 Å². The lowest BCUT2D eigenvalue weighted by atomic mass is 10.1. The number of hydrogen-bond donors (Lipinski definition) is 0. The molecule has 2 heterocycles. The minimum Gasteiger partial charge on any atom is -0.313 e. The third kappa shape index (κ3) is 1.10. The Labute approximate surface area is 93.1 Å². The van der Waals surface area contributed by atoms with Gasteiger partial charge in [-0.1, -0.05) is 30.3 Å². The zero-order chi connectivity index (χ0) is 11.1. The third-order valence-electron chi connectivity index (χ3n) is 2.89. The molecule has 0 saturated heterocycles. The molecule has 3 aromatic rings. The lowest BCUT2D eigenvalue weighted by molar-refractivity contribution is 0.101. The van der Waals surface area contributed by atoms with Crippen molar-refractivity contribution in [3.8, 4) is 0 Å². The topological polar surface area (TPSA) is 21.5 Å². The lowest BCUT2D eigenvalue weighted by Gasteiger charge is -1.97. The fourth-order valence-electron chi connectivity index (χ4n) is 2.26. The Bertz CT molecular complexity index is 641. The van der Waals surface area contributed by atoms with Gasteiger partial charge in [0, 0.05) is 23.9 Å². The van der Waals surface area contributed by atoms with Crippen molar-refractivity contribution in [2.75, 3.05) is 0 Å². The molecule has 0 atom stereocenters. The maximum absolute atomic E-state index is 11.7. The Morgan fingerprint density at radius 3 is 2.44 bits per heavy atom. The van der Waals surface area contributed by atoms with Gasteiger partial charge in [-0.05, 0) is 12.1 Å². The second-order valence-corrected chi connectivity index (χ2v) is 3.91. The van der Waals surface area contributed by atoms with Crippen LogP contribution in [0.15, 0.2) is 48.7 Å². The van der Waals surface area contributed by atoms with Crippen LogP contribution in [0.25, 0.3) is 16.3 Å². The van der Waals surface area contributed by atoms with Crippen molar-refractivity contribution in [1.82, 2.24) is 4.40 Å². The average molecular weight is 209 g/mol. The molecule has 0 saturated carbocycles. The molecule has 3 rings (SSSR count). The highest BCUT2D eigenvalue weighted by Gasteiger charge is 2.13. The predicted molar refractivity (Wildman–Crippen MR) is 64.9 cm³/mol. The largest absolute Gasteiger partial charge is 0.313 e. The molecule has 0 aliphatic rings. The lowest BCUT2D eigenvalue weighted by Crippen LogP contribution is -1.97. The molecule has 0 aliphatic heterocycles. The van der Waals surface area contributed by atoms with Crippen LogP contribution < -0.4 is 0 Å². The van der Waals surface area contributed by atoms with Crippen molar-refractivity contribution in [2.45, 2.75) is 6.92 Å². The summed E-state index contributed by atoms with van der Waals surface area (Å²) in [5.41, 5.74) is 1.86. The summed E-state index contributed by atoms with van der Waals surface area (Å²) in [7, 11) is 0. The zero-order valence-corrected chi connectivity index (χ0v) is 8.97. The van der Waals surface area contributed by atoms with E-state index in [1.54, 1.807) is 6.92 Å². The maximum atomic E-state index is 11.7. The number of hydrogen-bond acceptors (Lipinski definition) is 1. The zero-order valence-electron chi connectivity index (χ0n) is 8.97. The molecule has 1 aromatic carbocycles. The molecule has 0 spiro atoms. The molecule has 2 nitrogen and oxygen atoms in total. The number of carbonyl (C=O) groups is 1. The number of fused-ring (bicyclic) bond motifs is 3. The molecule has 0 unspecified atom stereocenters. The first kappa shape index (κ1) is 9.16. The van der Waals surface area contributed by atoms with E-state index in [0.717, 1.165) is 22.0 Å². The highest BCUT2D eigenvalue weighted by atomic mass is 16.1. The number of ketones is 1. The maximum Gasteiger partial charge on any atom is 0.177 e. The minimum atomic E-state index is 0.0994. The fraction of sp³-hybridized carbons (Fsp3) is 0.0714. The van der Waals surface area contributed by atoms with Gasteiger partial charge in [0.1, 0.15) is 0 Å². The summed E-state index contributed by atoms with van der Waals surface area (Å²) < 4.78 is 1.97. The number of Topliss-reactive ketones (excluding diaryl/α,β-unsaturated/α-hetero) is 1. The van der Waals surface area contributed by atoms with Crippen molar-refractivity contribution in [3.05, 3.63) is 54.4 Å². The van der Waals surface area contributed by atoms with E-state index in [1.165, 1.54) is 0 Å². The molecule has 0 aliphatic carbocycles. The van der Waals surface area contributed by atoms with Gasteiger partial charge in [-0.2, -0.15) is 0 Å². The van der Waals surface area contributed by atoms with Gasteiger partial charge in [0.05, 0.1) is 11.2 Å². The number of nitrogens with zero attached hydrogens (tertiary/aromatic N) is 1. The Morgan fingerprint density at radius 2 is 1.69 bits per heavy atom. The molecule has 0 radical (unpaired) electrons. The van der Waals surface area contributed by atoms with Crippen LogP contribution in [0.3, 0.4) is 0 Å². The number of rotatable bonds is 1. The first-order valence-electron chi connectivity index (χ1n) is 5.28. The summed E-state index contributed by atoms with van der Waals surface area (Å²) in [6.45, 7) is 1.61. The van der Waals surface area contributed by atoms with Crippen LogP contribution in [0.5, 0.6) is 0 Å². The van der Waals surface area contributed by atoms with Crippen molar-refractivity contribution < 1.29 is 4.79 Å². The Morgan fingerprint density at radius 1 is 1.00 bits per heavy atom. The minimum absolute atomic E-state index is 0.0994. The van der Waals surface area contributed by atoms with Crippen LogP contribution in [-0.2, 0) is 0 Å². The van der Waals surface area contributed by atoms with Gasteiger partial charge in [-0.3, -0.25) is 4.79 Å². The number of carbonyl (C=O) groups excluding carboxylic acids is 1. The highest BCUT2D eigenvalue weighted by Crippen LogP contribution is 2.26. The molecule has 2 aromatic heterocycles. The van der Waals surface area contributed by atoms with E-state index in [1.807, 2.05) is 47.0 Å². The molecule has 2 heteroatoms. The Balaban J connectivity index is 2.64. The summed E-state index contributed by atoms with van der Waals surface area (Å²) in [4.78, 5) is 11.7. The summed E-state index contributed by atoms with van der Waals surface area (Å²) in [6, 6.07) is 14.0. The van der Waals surface area contributed by atoms with E-state index in [9.17, 15) is 4.79 Å². The van der Waals surface area contributed by atoms with Crippen molar-refractivity contribution >= 4 is 22.1 Å². The molecule has 0 amide bonds. The van der Waals surface area contributed by atoms with Crippen molar-refractivity contribution in [2.24, 2.45) is 0 Å². The molecule has 78 valence electrons. The first-order chi connectivity index (χ1) is 7.79. The second kappa shape index (κ2) is 3.20. The smallest absolute Gasteiger partial charge is 0.177 e. The van der Waals surface area contributed by atoms with E-state index < -0.39 is 0 Å². The van der Waals surface area contributed by atoms with E-state index in [-0.39, 0.29) is 5.78 Å². The van der Waals surface area contributed by atoms with Crippen molar-refractivity contribution in [1.29, 1.82) is 0 Å². The number of benzene rings is 1. The fourth-order valence-corrected chi connectivity index (χ4v) is 2.26. The van der Waals surface area contributed by atoms with Crippen LogP contribution >= 0.6 is 0 Å². The molecule has 0 N–H and O–H groups in total. The van der Waals surface area contributed by atoms with Gasteiger partial charge in [0.2, 0.25) is 0 Å². The monoisotopic (exact) mass is 209 g/mol. The van der Waals surface area contributed by atoms with E-state index in [0.29, 0.717) is 0 Å². The molecular formula is C14H11NO. The summed E-state index contributed by atoms with van der Waals surface area (Å²) in [6.07, 6.45) is 1.94. The van der Waals surface area contributed by atoms with Gasteiger partial charge >= 0.3 is 0 Å².